The Morgan fingerprint density at radius 2 is 1.70 bits per heavy atom. The Labute approximate surface area is 127 Å². The third-order valence-electron chi connectivity index (χ3n) is 4.13. The normalized spacial score (nSPS) is 19.1. The average molecular weight is 297 g/mol. The lowest BCUT2D eigenvalue weighted by molar-refractivity contribution is -0.134. The number of benzene rings is 1. The number of carbonyl (C=O) groups excluding carboxylic acids is 1. The predicted octanol–water partition coefficient (Wildman–Crippen LogP) is 3.07. The Morgan fingerprint density at radius 1 is 1.20 bits per heavy atom. The Kier molecular flexibility index (Phi) is 5.60. The highest BCUT2D eigenvalue weighted by Gasteiger charge is 2.30. The molecule has 4 heteroatoms. The lowest BCUT2D eigenvalue weighted by Crippen LogP contribution is -2.45. The molecule has 0 saturated carbocycles. The topological polar surface area (TPSA) is 46.3 Å². The molecular weight excluding hydrogens is 272 g/mol. The van der Waals surface area contributed by atoms with Crippen molar-refractivity contribution in [2.45, 2.75) is 39.7 Å². The molecule has 2 rings (SSSR count). The van der Waals surface area contributed by atoms with Gasteiger partial charge < -0.3 is 10.6 Å². The Bertz CT molecular complexity index is 446. The first-order valence-electron chi connectivity index (χ1n) is 7.00. The monoisotopic (exact) mass is 296 g/mol. The van der Waals surface area contributed by atoms with Gasteiger partial charge in [0.2, 0.25) is 5.91 Å². The fourth-order valence-electron chi connectivity index (χ4n) is 2.45. The van der Waals surface area contributed by atoms with Gasteiger partial charge in [0.1, 0.15) is 6.04 Å². The van der Waals surface area contributed by atoms with Crippen molar-refractivity contribution in [3.8, 4) is 0 Å². The molecule has 20 heavy (non-hydrogen) atoms. The van der Waals surface area contributed by atoms with Crippen LogP contribution in [0.2, 0.25) is 0 Å². The number of piperidine rings is 1. The van der Waals surface area contributed by atoms with E-state index in [1.54, 1.807) is 0 Å². The SMILES string of the molecule is Cc1ccc(C(N)C(=O)N2CCC(C)(C)CC2)cc1.Cl. The standard InChI is InChI=1S/C16H24N2O.ClH/c1-12-4-6-13(7-5-12)14(17)15(19)18-10-8-16(2,3)9-11-18;/h4-7,14H,8-11,17H2,1-3H3;1H. The summed E-state index contributed by atoms with van der Waals surface area (Å²) in [6.45, 7) is 8.20. The van der Waals surface area contributed by atoms with Gasteiger partial charge in [-0.15, -0.1) is 12.4 Å². The number of amides is 1. The molecule has 0 aromatic heterocycles. The minimum Gasteiger partial charge on any atom is -0.341 e. The molecule has 1 saturated heterocycles. The first-order chi connectivity index (χ1) is 8.89. The zero-order valence-electron chi connectivity index (χ0n) is 12.6. The summed E-state index contributed by atoms with van der Waals surface area (Å²) < 4.78 is 0. The minimum absolute atomic E-state index is 0. The molecule has 1 atom stereocenters. The van der Waals surface area contributed by atoms with Crippen LogP contribution in [0, 0.1) is 12.3 Å². The zero-order chi connectivity index (χ0) is 14.0. The minimum atomic E-state index is -0.526. The van der Waals surface area contributed by atoms with Crippen LogP contribution in [-0.2, 0) is 4.79 Å². The largest absolute Gasteiger partial charge is 0.341 e. The van der Waals surface area contributed by atoms with Crippen molar-refractivity contribution in [2.75, 3.05) is 13.1 Å². The quantitative estimate of drug-likeness (QED) is 0.912. The molecule has 1 aliphatic heterocycles. The second-order valence-corrected chi connectivity index (χ2v) is 6.38. The van der Waals surface area contributed by atoms with Gasteiger partial charge in [-0.05, 0) is 30.7 Å². The zero-order valence-corrected chi connectivity index (χ0v) is 13.4. The van der Waals surface area contributed by atoms with Gasteiger partial charge in [0.05, 0.1) is 0 Å². The second kappa shape index (κ2) is 6.59. The van der Waals surface area contributed by atoms with Gasteiger partial charge in [0.15, 0.2) is 0 Å². The van der Waals surface area contributed by atoms with Crippen molar-refractivity contribution in [2.24, 2.45) is 11.1 Å². The molecule has 0 radical (unpaired) electrons. The number of carbonyl (C=O) groups is 1. The number of likely N-dealkylation sites (tertiary alicyclic amines) is 1. The fraction of sp³-hybridized carbons (Fsp3) is 0.562. The molecule has 0 bridgehead atoms. The molecule has 0 aliphatic carbocycles. The van der Waals surface area contributed by atoms with Crippen LogP contribution < -0.4 is 5.73 Å². The highest BCUT2D eigenvalue weighted by molar-refractivity contribution is 5.85. The number of hydrogen-bond acceptors (Lipinski definition) is 2. The molecule has 2 N–H and O–H groups in total. The highest BCUT2D eigenvalue weighted by Crippen LogP contribution is 2.30. The van der Waals surface area contributed by atoms with Crippen LogP contribution >= 0.6 is 12.4 Å². The maximum atomic E-state index is 12.4. The second-order valence-electron chi connectivity index (χ2n) is 6.38. The van der Waals surface area contributed by atoms with Crippen LogP contribution in [0.4, 0.5) is 0 Å². The maximum Gasteiger partial charge on any atom is 0.244 e. The summed E-state index contributed by atoms with van der Waals surface area (Å²) in [7, 11) is 0. The maximum absolute atomic E-state index is 12.4. The highest BCUT2D eigenvalue weighted by atomic mass is 35.5. The lowest BCUT2D eigenvalue weighted by atomic mass is 9.82. The van der Waals surface area contributed by atoms with Gasteiger partial charge >= 0.3 is 0 Å². The third kappa shape index (κ3) is 3.97. The molecule has 112 valence electrons. The van der Waals surface area contributed by atoms with Gasteiger partial charge in [0, 0.05) is 13.1 Å². The van der Waals surface area contributed by atoms with Crippen molar-refractivity contribution in [3.63, 3.8) is 0 Å². The van der Waals surface area contributed by atoms with E-state index in [9.17, 15) is 4.79 Å². The number of rotatable bonds is 2. The van der Waals surface area contributed by atoms with E-state index in [0.717, 1.165) is 31.5 Å². The molecule has 0 spiro atoms. The Balaban J connectivity index is 0.00000200. The lowest BCUT2D eigenvalue weighted by Gasteiger charge is -2.38. The first-order valence-corrected chi connectivity index (χ1v) is 7.00. The van der Waals surface area contributed by atoms with Gasteiger partial charge in [-0.2, -0.15) is 0 Å². The fourth-order valence-corrected chi connectivity index (χ4v) is 2.45. The van der Waals surface area contributed by atoms with Crippen LogP contribution in [0.5, 0.6) is 0 Å². The smallest absolute Gasteiger partial charge is 0.244 e. The van der Waals surface area contributed by atoms with E-state index in [1.807, 2.05) is 36.1 Å². The van der Waals surface area contributed by atoms with Gasteiger partial charge in [0.25, 0.3) is 0 Å². The third-order valence-corrected chi connectivity index (χ3v) is 4.13. The van der Waals surface area contributed by atoms with Crippen molar-refractivity contribution in [1.82, 2.24) is 4.90 Å². The number of aryl methyl sites for hydroxylation is 1. The number of hydrogen-bond donors (Lipinski definition) is 1. The van der Waals surface area contributed by atoms with Crippen LogP contribution in [0.15, 0.2) is 24.3 Å². The summed E-state index contributed by atoms with van der Waals surface area (Å²) in [5.41, 5.74) is 8.53. The Hall–Kier alpha value is -1.06. The molecule has 1 unspecified atom stereocenters. The van der Waals surface area contributed by atoms with E-state index in [1.165, 1.54) is 5.56 Å². The van der Waals surface area contributed by atoms with Crippen LogP contribution in [0.1, 0.15) is 43.9 Å². The van der Waals surface area contributed by atoms with Crippen LogP contribution in [0.25, 0.3) is 0 Å². The summed E-state index contributed by atoms with van der Waals surface area (Å²) in [5.74, 6) is 0.0550. The molecule has 1 amide bonds. The van der Waals surface area contributed by atoms with Crippen molar-refractivity contribution in [1.29, 1.82) is 0 Å². The van der Waals surface area contributed by atoms with E-state index in [-0.39, 0.29) is 18.3 Å². The summed E-state index contributed by atoms with van der Waals surface area (Å²) in [6, 6.07) is 7.38. The summed E-state index contributed by atoms with van der Waals surface area (Å²) >= 11 is 0. The molecule has 3 nitrogen and oxygen atoms in total. The number of halogens is 1. The van der Waals surface area contributed by atoms with Crippen LogP contribution in [0.3, 0.4) is 0 Å². The first kappa shape index (κ1) is 17.0. The van der Waals surface area contributed by atoms with E-state index in [0.29, 0.717) is 5.41 Å². The van der Waals surface area contributed by atoms with Crippen molar-refractivity contribution in [3.05, 3.63) is 35.4 Å². The van der Waals surface area contributed by atoms with Crippen molar-refractivity contribution < 1.29 is 4.79 Å². The molecule has 1 aliphatic rings. The predicted molar refractivity (Wildman–Crippen MR) is 85.0 cm³/mol. The number of nitrogens with zero attached hydrogens (tertiary/aromatic N) is 1. The molecule has 1 aromatic rings. The molecule has 1 fully saturated rings. The Morgan fingerprint density at radius 3 is 2.20 bits per heavy atom. The van der Waals surface area contributed by atoms with E-state index < -0.39 is 6.04 Å². The van der Waals surface area contributed by atoms with Crippen molar-refractivity contribution >= 4 is 18.3 Å². The van der Waals surface area contributed by atoms with Crippen LogP contribution in [-0.4, -0.2) is 23.9 Å². The molecule has 1 heterocycles. The van der Waals surface area contributed by atoms with E-state index >= 15 is 0 Å². The van der Waals surface area contributed by atoms with E-state index in [2.05, 4.69) is 13.8 Å². The summed E-state index contributed by atoms with van der Waals surface area (Å²) in [5, 5.41) is 0. The summed E-state index contributed by atoms with van der Waals surface area (Å²) in [4.78, 5) is 14.3. The number of nitrogens with two attached hydrogens (primary N) is 1. The molecular formula is C16H25ClN2O. The van der Waals surface area contributed by atoms with E-state index in [4.69, 9.17) is 5.73 Å². The average Bonchev–Trinajstić information content (AvgIpc) is 2.38. The van der Waals surface area contributed by atoms with Gasteiger partial charge in [-0.1, -0.05) is 43.7 Å². The van der Waals surface area contributed by atoms with Gasteiger partial charge in [-0.25, -0.2) is 0 Å². The van der Waals surface area contributed by atoms with Gasteiger partial charge in [-0.3, -0.25) is 4.79 Å². The molecule has 1 aromatic carbocycles. The summed E-state index contributed by atoms with van der Waals surface area (Å²) in [6.07, 6.45) is 2.11.